The highest BCUT2D eigenvalue weighted by atomic mass is 16.1. The molecule has 0 saturated carbocycles. The number of hydrogen-bond acceptors (Lipinski definition) is 5. The smallest absolute Gasteiger partial charge is 0.267 e. The molecule has 0 spiro atoms. The number of benzene rings is 2. The molecule has 0 aliphatic heterocycles. The van der Waals surface area contributed by atoms with E-state index in [0.717, 1.165) is 11.4 Å². The van der Waals surface area contributed by atoms with Crippen LogP contribution in [0.2, 0.25) is 0 Å². The fourth-order valence-corrected chi connectivity index (χ4v) is 2.88. The van der Waals surface area contributed by atoms with E-state index in [-0.39, 0.29) is 5.56 Å². The summed E-state index contributed by atoms with van der Waals surface area (Å²) < 4.78 is 1.57. The lowest BCUT2D eigenvalue weighted by Gasteiger charge is -2.15. The van der Waals surface area contributed by atoms with Crippen molar-refractivity contribution in [1.29, 1.82) is 0 Å². The average Bonchev–Trinajstić information content (AvgIpc) is 2.69. The standard InChI is InChI=1S/C21H17N5O/c22-12-10-15-14-16(11-13-23-15)24-21-25-19-9-5-4-8-18(19)20(27)26(21)17-6-2-1-3-7-17/h1-14H,22H2,(H,23,24,25). The van der Waals surface area contributed by atoms with Crippen molar-refractivity contribution in [2.75, 3.05) is 5.32 Å². The summed E-state index contributed by atoms with van der Waals surface area (Å²) in [5, 5.41) is 3.80. The Kier molecular flexibility index (Phi) is 4.37. The minimum Gasteiger partial charge on any atom is -0.405 e. The minimum absolute atomic E-state index is 0.134. The Morgan fingerprint density at radius 1 is 1.00 bits per heavy atom. The number of aromatic nitrogens is 3. The van der Waals surface area contributed by atoms with Crippen LogP contribution in [0.25, 0.3) is 22.7 Å². The van der Waals surface area contributed by atoms with Crippen molar-refractivity contribution in [2.45, 2.75) is 0 Å². The number of nitrogens with zero attached hydrogens (tertiary/aromatic N) is 3. The Labute approximate surface area is 155 Å². The van der Waals surface area contributed by atoms with Gasteiger partial charge in [0.15, 0.2) is 0 Å². The van der Waals surface area contributed by atoms with Crippen LogP contribution in [-0.2, 0) is 0 Å². The summed E-state index contributed by atoms with van der Waals surface area (Å²) in [6.45, 7) is 0. The van der Waals surface area contributed by atoms with Crippen LogP contribution in [0.5, 0.6) is 0 Å². The maximum atomic E-state index is 13.2. The van der Waals surface area contributed by atoms with E-state index in [0.29, 0.717) is 22.5 Å². The van der Waals surface area contributed by atoms with Crippen LogP contribution in [0.15, 0.2) is 83.9 Å². The van der Waals surface area contributed by atoms with Gasteiger partial charge in [0.2, 0.25) is 5.95 Å². The third kappa shape index (κ3) is 3.28. The van der Waals surface area contributed by atoms with E-state index in [9.17, 15) is 4.79 Å². The van der Waals surface area contributed by atoms with E-state index in [1.165, 1.54) is 6.20 Å². The second-order valence-corrected chi connectivity index (χ2v) is 5.88. The zero-order valence-electron chi connectivity index (χ0n) is 14.4. The van der Waals surface area contributed by atoms with Gasteiger partial charge in [0.1, 0.15) is 0 Å². The molecular weight excluding hydrogens is 338 g/mol. The number of pyridine rings is 1. The van der Waals surface area contributed by atoms with E-state index in [1.54, 1.807) is 22.9 Å². The summed E-state index contributed by atoms with van der Waals surface area (Å²) in [6.07, 6.45) is 4.80. The van der Waals surface area contributed by atoms with Crippen LogP contribution in [0, 0.1) is 0 Å². The largest absolute Gasteiger partial charge is 0.405 e. The molecule has 6 nitrogen and oxygen atoms in total. The third-order valence-electron chi connectivity index (χ3n) is 4.09. The Bertz CT molecular complexity index is 1180. The van der Waals surface area contributed by atoms with Gasteiger partial charge in [-0.2, -0.15) is 0 Å². The zero-order valence-corrected chi connectivity index (χ0v) is 14.4. The first-order valence-corrected chi connectivity index (χ1v) is 8.45. The maximum absolute atomic E-state index is 13.2. The molecule has 0 aliphatic rings. The Morgan fingerprint density at radius 3 is 2.59 bits per heavy atom. The van der Waals surface area contributed by atoms with Crippen LogP contribution < -0.4 is 16.6 Å². The number of fused-ring (bicyclic) bond motifs is 1. The molecule has 6 heteroatoms. The van der Waals surface area contributed by atoms with Crippen LogP contribution in [0.3, 0.4) is 0 Å². The lowest BCUT2D eigenvalue weighted by atomic mass is 10.2. The first-order valence-electron chi connectivity index (χ1n) is 8.45. The van der Waals surface area contributed by atoms with Crippen molar-refractivity contribution in [3.8, 4) is 5.69 Å². The molecule has 0 unspecified atom stereocenters. The molecule has 3 N–H and O–H groups in total. The highest BCUT2D eigenvalue weighted by Gasteiger charge is 2.13. The number of rotatable bonds is 4. The fourth-order valence-electron chi connectivity index (χ4n) is 2.88. The van der Waals surface area contributed by atoms with Crippen LogP contribution >= 0.6 is 0 Å². The van der Waals surface area contributed by atoms with Gasteiger partial charge in [-0.1, -0.05) is 30.3 Å². The van der Waals surface area contributed by atoms with E-state index < -0.39 is 0 Å². The summed E-state index contributed by atoms with van der Waals surface area (Å²) in [7, 11) is 0. The zero-order chi connectivity index (χ0) is 18.6. The van der Waals surface area contributed by atoms with E-state index >= 15 is 0 Å². The van der Waals surface area contributed by atoms with Crippen molar-refractivity contribution in [3.05, 3.63) is 95.2 Å². The molecule has 0 saturated heterocycles. The van der Waals surface area contributed by atoms with Gasteiger partial charge in [-0.05, 0) is 48.7 Å². The molecule has 4 aromatic rings. The molecule has 27 heavy (non-hydrogen) atoms. The average molecular weight is 355 g/mol. The van der Waals surface area contributed by atoms with Gasteiger partial charge in [0.05, 0.1) is 22.3 Å². The van der Waals surface area contributed by atoms with Crippen LogP contribution in [-0.4, -0.2) is 14.5 Å². The second-order valence-electron chi connectivity index (χ2n) is 5.88. The van der Waals surface area contributed by atoms with E-state index in [1.807, 2.05) is 60.7 Å². The molecule has 0 radical (unpaired) electrons. The lowest BCUT2D eigenvalue weighted by Crippen LogP contribution is -2.22. The number of nitrogens with two attached hydrogens (primary N) is 1. The third-order valence-corrected chi connectivity index (χ3v) is 4.09. The summed E-state index contributed by atoms with van der Waals surface area (Å²) in [5.74, 6) is 0.429. The first kappa shape index (κ1) is 16.5. The van der Waals surface area contributed by atoms with Crippen LogP contribution in [0.4, 0.5) is 11.6 Å². The highest BCUT2D eigenvalue weighted by molar-refractivity contribution is 5.80. The van der Waals surface area contributed by atoms with Gasteiger partial charge >= 0.3 is 0 Å². The fraction of sp³-hybridized carbons (Fsp3) is 0. The Balaban J connectivity index is 1.91. The van der Waals surface area contributed by atoms with Crippen molar-refractivity contribution >= 4 is 28.6 Å². The van der Waals surface area contributed by atoms with Gasteiger partial charge in [-0.3, -0.25) is 9.78 Å². The van der Waals surface area contributed by atoms with E-state index in [4.69, 9.17) is 5.73 Å². The number of anilines is 2. The molecule has 0 aliphatic carbocycles. The molecule has 2 heterocycles. The van der Waals surface area contributed by atoms with Crippen LogP contribution in [0.1, 0.15) is 5.69 Å². The molecule has 2 aromatic heterocycles. The summed E-state index contributed by atoms with van der Waals surface area (Å²) >= 11 is 0. The Hall–Kier alpha value is -3.93. The van der Waals surface area contributed by atoms with Gasteiger partial charge in [-0.15, -0.1) is 0 Å². The molecule has 0 fully saturated rings. The molecule has 0 atom stereocenters. The van der Waals surface area contributed by atoms with Gasteiger partial charge in [-0.25, -0.2) is 9.55 Å². The number of hydrogen-bond donors (Lipinski definition) is 2. The van der Waals surface area contributed by atoms with Crippen molar-refractivity contribution in [3.63, 3.8) is 0 Å². The maximum Gasteiger partial charge on any atom is 0.267 e. The van der Waals surface area contributed by atoms with Gasteiger partial charge in [0.25, 0.3) is 5.56 Å². The predicted molar refractivity (Wildman–Crippen MR) is 108 cm³/mol. The quantitative estimate of drug-likeness (QED) is 0.585. The van der Waals surface area contributed by atoms with Gasteiger partial charge in [0, 0.05) is 11.9 Å². The van der Waals surface area contributed by atoms with E-state index in [2.05, 4.69) is 15.3 Å². The molecule has 0 bridgehead atoms. The lowest BCUT2D eigenvalue weighted by molar-refractivity contribution is 0.974. The Morgan fingerprint density at radius 2 is 1.78 bits per heavy atom. The predicted octanol–water partition coefficient (Wildman–Crippen LogP) is 3.45. The monoisotopic (exact) mass is 355 g/mol. The number of para-hydroxylation sites is 2. The summed E-state index contributed by atoms with van der Waals surface area (Å²) in [6, 6.07) is 20.4. The van der Waals surface area contributed by atoms with Crippen molar-refractivity contribution in [1.82, 2.24) is 14.5 Å². The molecule has 0 amide bonds. The minimum atomic E-state index is -0.134. The first-order chi connectivity index (χ1) is 13.3. The van der Waals surface area contributed by atoms with Crippen molar-refractivity contribution < 1.29 is 0 Å². The molecule has 4 rings (SSSR count). The SMILES string of the molecule is NC=Cc1cc(Nc2nc3ccccc3c(=O)n2-c2ccccc2)ccn1. The molecule has 2 aromatic carbocycles. The normalized spacial score (nSPS) is 11.1. The molecular formula is C21H17N5O. The molecule has 132 valence electrons. The van der Waals surface area contributed by atoms with Gasteiger partial charge < -0.3 is 11.1 Å². The highest BCUT2D eigenvalue weighted by Crippen LogP contribution is 2.20. The summed E-state index contributed by atoms with van der Waals surface area (Å²) in [4.78, 5) is 22.0. The number of nitrogens with one attached hydrogen (secondary N) is 1. The summed E-state index contributed by atoms with van der Waals surface area (Å²) in [5.41, 5.74) is 8.14. The topological polar surface area (TPSA) is 85.8 Å². The van der Waals surface area contributed by atoms with Crippen molar-refractivity contribution in [2.24, 2.45) is 5.73 Å². The second kappa shape index (κ2) is 7.13.